The highest BCUT2D eigenvalue weighted by atomic mass is 35.5. The van der Waals surface area contributed by atoms with Gasteiger partial charge in [0.25, 0.3) is 0 Å². The molecule has 0 aromatic heterocycles. The van der Waals surface area contributed by atoms with Crippen molar-refractivity contribution >= 4 is 46.6 Å². The molecule has 0 radical (unpaired) electrons. The predicted octanol–water partition coefficient (Wildman–Crippen LogP) is 6.22. The fourth-order valence-corrected chi connectivity index (χ4v) is 3.81. The molecule has 5 nitrogen and oxygen atoms in total. The number of halogens is 2. The van der Waals surface area contributed by atoms with E-state index in [-0.39, 0.29) is 5.56 Å². The molecule has 1 N–H and O–H groups in total. The topological polar surface area (TPSA) is 62.1 Å². The summed E-state index contributed by atoms with van der Waals surface area (Å²) >= 11 is 12.1. The first-order chi connectivity index (χ1) is 15.9. The number of hydrogen-bond acceptors (Lipinski definition) is 4. The normalized spacial score (nSPS) is 13.4. The maximum atomic E-state index is 11.0. The maximum absolute atomic E-state index is 11.0. The monoisotopic (exact) mass is 480 g/mol. The van der Waals surface area contributed by atoms with Gasteiger partial charge in [0.15, 0.2) is 0 Å². The highest BCUT2D eigenvalue weighted by molar-refractivity contribution is 6.42. The third-order valence-corrected chi connectivity index (χ3v) is 6.10. The number of nitrogens with zero attached hydrogens (tertiary/aromatic N) is 2. The van der Waals surface area contributed by atoms with Crippen molar-refractivity contribution in [1.82, 2.24) is 0 Å². The first-order valence-corrected chi connectivity index (χ1v) is 11.1. The Hall–Kier alpha value is -3.28. The Bertz CT molecular complexity index is 1240. The fourth-order valence-electron chi connectivity index (χ4n) is 3.50. The van der Waals surface area contributed by atoms with Gasteiger partial charge in [-0.2, -0.15) is 0 Å². The molecule has 0 fully saturated rings. The van der Waals surface area contributed by atoms with Gasteiger partial charge >= 0.3 is 5.97 Å². The van der Waals surface area contributed by atoms with E-state index in [1.807, 2.05) is 49.5 Å². The second-order valence-corrected chi connectivity index (χ2v) is 8.48. The lowest BCUT2D eigenvalue weighted by Gasteiger charge is -2.20. The number of ether oxygens (including phenoxy) is 1. The summed E-state index contributed by atoms with van der Waals surface area (Å²) in [6, 6.07) is 18.1. The maximum Gasteiger partial charge on any atom is 0.335 e. The van der Waals surface area contributed by atoms with Gasteiger partial charge in [-0.3, -0.25) is 4.99 Å². The van der Waals surface area contributed by atoms with Crippen molar-refractivity contribution in [2.45, 2.75) is 6.61 Å². The largest absolute Gasteiger partial charge is 0.489 e. The zero-order valence-corrected chi connectivity index (χ0v) is 19.5. The minimum Gasteiger partial charge on any atom is -0.489 e. The number of carboxylic acid groups (broad SMARTS) is 1. The molecule has 0 amide bonds. The van der Waals surface area contributed by atoms with Crippen LogP contribution in [-0.2, 0) is 6.61 Å². The molecule has 4 rings (SSSR count). The number of carboxylic acids is 1. The lowest BCUT2D eigenvalue weighted by molar-refractivity contribution is 0.0697. The van der Waals surface area contributed by atoms with E-state index in [0.29, 0.717) is 23.2 Å². The van der Waals surface area contributed by atoms with E-state index in [9.17, 15) is 4.79 Å². The van der Waals surface area contributed by atoms with Crippen LogP contribution in [0.1, 0.15) is 27.0 Å². The Morgan fingerprint density at radius 3 is 2.58 bits per heavy atom. The van der Waals surface area contributed by atoms with E-state index in [0.717, 1.165) is 40.4 Å². The molecular formula is C26H22Cl2N2O3. The number of anilines is 1. The van der Waals surface area contributed by atoms with Crippen molar-refractivity contribution in [3.8, 4) is 5.75 Å². The van der Waals surface area contributed by atoms with Crippen LogP contribution in [0, 0.1) is 0 Å². The Balaban J connectivity index is 1.53. The molecule has 0 spiro atoms. The average molecular weight is 481 g/mol. The second kappa shape index (κ2) is 10.1. The van der Waals surface area contributed by atoms with Crippen molar-refractivity contribution in [3.63, 3.8) is 0 Å². The first-order valence-electron chi connectivity index (χ1n) is 10.4. The number of rotatable bonds is 6. The molecule has 0 aliphatic carbocycles. The van der Waals surface area contributed by atoms with Crippen molar-refractivity contribution < 1.29 is 14.6 Å². The SMILES string of the molecule is CN1CCN=C(C=Cc2ccc(Cl)c(Cl)c2)c2ccc(OCc3ccc(C(=O)O)cc3)cc21. The summed E-state index contributed by atoms with van der Waals surface area (Å²) in [7, 11) is 2.04. The fraction of sp³-hybridized carbons (Fsp3) is 0.154. The third-order valence-electron chi connectivity index (χ3n) is 5.36. The van der Waals surface area contributed by atoms with E-state index in [1.54, 1.807) is 30.3 Å². The lowest BCUT2D eigenvalue weighted by Crippen LogP contribution is -2.20. The number of hydrogen-bond donors (Lipinski definition) is 1. The van der Waals surface area contributed by atoms with Crippen molar-refractivity contribution in [2.24, 2.45) is 4.99 Å². The van der Waals surface area contributed by atoms with E-state index >= 15 is 0 Å². The van der Waals surface area contributed by atoms with Crippen LogP contribution in [0.15, 0.2) is 71.7 Å². The molecule has 1 aliphatic rings. The van der Waals surface area contributed by atoms with E-state index in [2.05, 4.69) is 4.90 Å². The Morgan fingerprint density at radius 1 is 1.06 bits per heavy atom. The highest BCUT2D eigenvalue weighted by Gasteiger charge is 2.16. The lowest BCUT2D eigenvalue weighted by atomic mass is 10.0. The summed E-state index contributed by atoms with van der Waals surface area (Å²) in [5, 5.41) is 10.1. The molecule has 0 saturated heterocycles. The number of allylic oxidation sites excluding steroid dienone is 1. The molecule has 0 saturated carbocycles. The molecule has 1 heterocycles. The second-order valence-electron chi connectivity index (χ2n) is 7.67. The molecule has 0 atom stereocenters. The summed E-state index contributed by atoms with van der Waals surface area (Å²) in [5.41, 5.74) is 5.03. The van der Waals surface area contributed by atoms with Crippen LogP contribution in [0.4, 0.5) is 5.69 Å². The van der Waals surface area contributed by atoms with Gasteiger partial charge < -0.3 is 14.7 Å². The van der Waals surface area contributed by atoms with Crippen LogP contribution in [0.5, 0.6) is 5.75 Å². The number of aliphatic imine (C=N–C) groups is 1. The number of fused-ring (bicyclic) bond motifs is 1. The molecule has 3 aromatic rings. The van der Waals surface area contributed by atoms with Crippen molar-refractivity contribution in [1.29, 1.82) is 0 Å². The van der Waals surface area contributed by atoms with Gasteiger partial charge in [-0.1, -0.05) is 47.5 Å². The average Bonchev–Trinajstić information content (AvgIpc) is 2.97. The van der Waals surface area contributed by atoms with E-state index < -0.39 is 5.97 Å². The molecule has 0 unspecified atom stereocenters. The quantitative estimate of drug-likeness (QED) is 0.454. The van der Waals surface area contributed by atoms with Gasteiger partial charge in [-0.15, -0.1) is 0 Å². The zero-order valence-electron chi connectivity index (χ0n) is 18.0. The number of benzodiazepines with no additional fused rings is 1. The number of carbonyl (C=O) groups is 1. The van der Waals surface area contributed by atoms with Crippen LogP contribution in [-0.4, -0.2) is 36.9 Å². The number of likely N-dealkylation sites (N-methyl/N-ethyl adjacent to an activating group) is 1. The smallest absolute Gasteiger partial charge is 0.335 e. The van der Waals surface area contributed by atoms with Gasteiger partial charge in [0, 0.05) is 30.9 Å². The van der Waals surface area contributed by atoms with Gasteiger partial charge in [0.2, 0.25) is 0 Å². The summed E-state index contributed by atoms with van der Waals surface area (Å²) in [4.78, 5) is 17.9. The highest BCUT2D eigenvalue weighted by Crippen LogP contribution is 2.29. The van der Waals surface area contributed by atoms with Gasteiger partial charge in [-0.05, 0) is 53.6 Å². The number of aromatic carboxylic acids is 1. The Kier molecular flexibility index (Phi) is 7.02. The molecule has 7 heteroatoms. The standard InChI is InChI=1S/C26H22Cl2N2O3/c1-30-13-12-29-24(11-5-17-4-10-22(27)23(28)14-17)21-9-8-20(15-25(21)30)33-16-18-2-6-19(7-3-18)26(31)32/h2-11,14-15H,12-13,16H2,1H3,(H,31,32). The third kappa shape index (κ3) is 5.56. The number of benzene rings is 3. The van der Waals surface area contributed by atoms with Crippen LogP contribution in [0.3, 0.4) is 0 Å². The van der Waals surface area contributed by atoms with Crippen LogP contribution < -0.4 is 9.64 Å². The minimum absolute atomic E-state index is 0.256. The van der Waals surface area contributed by atoms with Gasteiger partial charge in [-0.25, -0.2) is 4.79 Å². The Morgan fingerprint density at radius 2 is 1.85 bits per heavy atom. The summed E-state index contributed by atoms with van der Waals surface area (Å²) < 4.78 is 5.98. The molecular weight excluding hydrogens is 459 g/mol. The minimum atomic E-state index is -0.943. The summed E-state index contributed by atoms with van der Waals surface area (Å²) in [5.74, 6) is -0.209. The van der Waals surface area contributed by atoms with Crippen LogP contribution in [0.25, 0.3) is 6.08 Å². The molecule has 3 aromatic carbocycles. The summed E-state index contributed by atoms with van der Waals surface area (Å²) in [6.45, 7) is 1.82. The first kappa shape index (κ1) is 22.9. The predicted molar refractivity (Wildman–Crippen MR) is 134 cm³/mol. The van der Waals surface area contributed by atoms with Crippen molar-refractivity contribution in [2.75, 3.05) is 25.0 Å². The molecule has 168 valence electrons. The van der Waals surface area contributed by atoms with Crippen LogP contribution >= 0.6 is 23.2 Å². The van der Waals surface area contributed by atoms with Crippen LogP contribution in [0.2, 0.25) is 10.0 Å². The van der Waals surface area contributed by atoms with E-state index in [1.165, 1.54) is 0 Å². The molecule has 0 bridgehead atoms. The van der Waals surface area contributed by atoms with E-state index in [4.69, 9.17) is 38.0 Å². The zero-order chi connectivity index (χ0) is 23.4. The van der Waals surface area contributed by atoms with Gasteiger partial charge in [0.1, 0.15) is 12.4 Å². The molecule has 33 heavy (non-hydrogen) atoms. The van der Waals surface area contributed by atoms with Gasteiger partial charge in [0.05, 0.1) is 27.9 Å². The molecule has 1 aliphatic heterocycles. The summed E-state index contributed by atoms with van der Waals surface area (Å²) in [6.07, 6.45) is 3.96. The van der Waals surface area contributed by atoms with Crippen molar-refractivity contribution in [3.05, 3.63) is 99.0 Å². The Labute approximate surface area is 202 Å².